The smallest absolute Gasteiger partial charge is 0.264 e. The third-order valence-electron chi connectivity index (χ3n) is 4.88. The van der Waals surface area contributed by atoms with Crippen LogP contribution in [0.25, 0.3) is 0 Å². The monoisotopic (exact) mass is 431 g/mol. The molecule has 1 aliphatic heterocycles. The van der Waals surface area contributed by atoms with E-state index in [1.165, 1.54) is 19.3 Å². The number of thiocarbonyl (C=S) groups is 1. The first-order valence-electron chi connectivity index (χ1n) is 9.78. The van der Waals surface area contributed by atoms with Gasteiger partial charge in [-0.2, -0.15) is 0 Å². The molecular weight excluding hydrogens is 406 g/mol. The Bertz CT molecular complexity index is 874. The molecule has 3 rings (SSSR count). The van der Waals surface area contributed by atoms with Crippen molar-refractivity contribution >= 4 is 46.2 Å². The summed E-state index contributed by atoms with van der Waals surface area (Å²) in [6.07, 6.45) is 3.65. The molecule has 0 aromatic heterocycles. The van der Waals surface area contributed by atoms with E-state index >= 15 is 0 Å². The van der Waals surface area contributed by atoms with E-state index in [1.54, 1.807) is 0 Å². The van der Waals surface area contributed by atoms with Gasteiger partial charge in [-0.25, -0.2) is 0 Å². The van der Waals surface area contributed by atoms with Gasteiger partial charge in [0.1, 0.15) is 5.75 Å². The maximum atomic E-state index is 12.2. The van der Waals surface area contributed by atoms with Crippen LogP contribution in [0.2, 0.25) is 5.02 Å². The van der Waals surface area contributed by atoms with E-state index < -0.39 is 0 Å². The Morgan fingerprint density at radius 1 is 1.14 bits per heavy atom. The van der Waals surface area contributed by atoms with Crippen molar-refractivity contribution < 1.29 is 9.53 Å². The number of benzene rings is 2. The molecule has 0 bridgehead atoms. The van der Waals surface area contributed by atoms with E-state index in [0.29, 0.717) is 10.8 Å². The number of hydrogen-bond donors (Lipinski definition) is 2. The molecular formula is C22H26ClN3O2S. The molecule has 0 atom stereocenters. The Morgan fingerprint density at radius 2 is 1.79 bits per heavy atom. The Hall–Kier alpha value is -2.31. The van der Waals surface area contributed by atoms with Gasteiger partial charge in [0.25, 0.3) is 5.91 Å². The highest BCUT2D eigenvalue weighted by atomic mass is 35.5. The van der Waals surface area contributed by atoms with Crippen LogP contribution >= 0.6 is 23.8 Å². The average molecular weight is 432 g/mol. The zero-order valence-corrected chi connectivity index (χ0v) is 18.3. The Labute approximate surface area is 182 Å². The van der Waals surface area contributed by atoms with Gasteiger partial charge in [0.2, 0.25) is 0 Å². The summed E-state index contributed by atoms with van der Waals surface area (Å²) >= 11 is 11.5. The lowest BCUT2D eigenvalue weighted by Crippen LogP contribution is -2.38. The molecule has 0 saturated carbocycles. The number of rotatable bonds is 5. The fraction of sp³-hybridized carbons (Fsp3) is 0.364. The molecule has 0 aliphatic carbocycles. The molecule has 7 heteroatoms. The van der Waals surface area contributed by atoms with Crippen LogP contribution in [0.3, 0.4) is 0 Å². The van der Waals surface area contributed by atoms with Gasteiger partial charge in [0.15, 0.2) is 11.7 Å². The predicted molar refractivity (Wildman–Crippen MR) is 123 cm³/mol. The van der Waals surface area contributed by atoms with Crippen LogP contribution in [0.4, 0.5) is 11.4 Å². The van der Waals surface area contributed by atoms with Crippen LogP contribution in [0.15, 0.2) is 36.4 Å². The first-order chi connectivity index (χ1) is 13.9. The summed E-state index contributed by atoms with van der Waals surface area (Å²) in [7, 11) is 0. The number of piperidine rings is 1. The number of ether oxygens (including phenoxy) is 1. The zero-order chi connectivity index (χ0) is 20.8. The first-order valence-corrected chi connectivity index (χ1v) is 10.6. The third-order valence-corrected chi connectivity index (χ3v) is 5.68. The highest BCUT2D eigenvalue weighted by Crippen LogP contribution is 2.28. The molecule has 2 aromatic rings. The van der Waals surface area contributed by atoms with Gasteiger partial charge < -0.3 is 15.0 Å². The molecule has 0 radical (unpaired) electrons. The lowest BCUT2D eigenvalue weighted by molar-refractivity contribution is -0.121. The molecule has 1 amide bonds. The lowest BCUT2D eigenvalue weighted by atomic mass is 10.1. The number of hydrogen-bond acceptors (Lipinski definition) is 4. The largest absolute Gasteiger partial charge is 0.484 e. The van der Waals surface area contributed by atoms with Crippen LogP contribution in [0, 0.1) is 13.8 Å². The Balaban J connectivity index is 1.55. The number of nitrogens with one attached hydrogen (secondary N) is 2. The minimum atomic E-state index is -0.316. The standard InChI is InChI=1S/C22H26ClN3O2S/c1-15-12-17(13-16(2)21(15)23)28-14-20(27)25-22(29)24-18-8-4-5-9-19(18)26-10-6-3-7-11-26/h4-5,8-9,12-13H,3,6-7,10-11,14H2,1-2H3,(H2,24,25,27,29). The number of para-hydroxylation sites is 2. The topological polar surface area (TPSA) is 53.6 Å². The van der Waals surface area contributed by atoms with E-state index in [9.17, 15) is 4.79 Å². The number of aryl methyl sites for hydroxylation is 2. The molecule has 1 aliphatic rings. The van der Waals surface area contributed by atoms with Gasteiger partial charge >= 0.3 is 0 Å². The highest BCUT2D eigenvalue weighted by Gasteiger charge is 2.15. The van der Waals surface area contributed by atoms with Crippen LogP contribution < -0.4 is 20.3 Å². The van der Waals surface area contributed by atoms with Crippen LogP contribution in [-0.4, -0.2) is 30.7 Å². The van der Waals surface area contributed by atoms with Crippen molar-refractivity contribution in [2.75, 3.05) is 29.9 Å². The maximum Gasteiger partial charge on any atom is 0.264 e. The number of nitrogens with zero attached hydrogens (tertiary/aromatic N) is 1. The van der Waals surface area contributed by atoms with Crippen LogP contribution in [-0.2, 0) is 4.79 Å². The molecule has 2 N–H and O–H groups in total. The Kier molecular flexibility index (Phi) is 7.34. The molecule has 2 aromatic carbocycles. The second-order valence-corrected chi connectivity index (χ2v) is 8.01. The van der Waals surface area contributed by atoms with E-state index in [4.69, 9.17) is 28.6 Å². The highest BCUT2D eigenvalue weighted by molar-refractivity contribution is 7.80. The van der Waals surface area contributed by atoms with Crippen molar-refractivity contribution in [3.63, 3.8) is 0 Å². The molecule has 1 heterocycles. The summed E-state index contributed by atoms with van der Waals surface area (Å²) in [4.78, 5) is 14.6. The first kappa shape index (κ1) is 21.4. The number of carbonyl (C=O) groups is 1. The van der Waals surface area contributed by atoms with Gasteiger partial charge in [-0.3, -0.25) is 10.1 Å². The fourth-order valence-corrected chi connectivity index (χ4v) is 3.78. The summed E-state index contributed by atoms with van der Waals surface area (Å²) in [5.41, 5.74) is 3.82. The summed E-state index contributed by atoms with van der Waals surface area (Å²) in [5, 5.41) is 6.79. The van der Waals surface area contributed by atoms with Crippen molar-refractivity contribution in [1.82, 2.24) is 5.32 Å². The van der Waals surface area contributed by atoms with Crippen molar-refractivity contribution in [3.8, 4) is 5.75 Å². The Morgan fingerprint density at radius 3 is 2.48 bits per heavy atom. The molecule has 1 fully saturated rings. The normalized spacial score (nSPS) is 13.7. The van der Waals surface area contributed by atoms with Crippen LogP contribution in [0.1, 0.15) is 30.4 Å². The molecule has 1 saturated heterocycles. The molecule has 0 unspecified atom stereocenters. The predicted octanol–water partition coefficient (Wildman–Crippen LogP) is 4.84. The fourth-order valence-electron chi connectivity index (χ4n) is 3.44. The average Bonchev–Trinajstić information content (AvgIpc) is 2.71. The van der Waals surface area contributed by atoms with Gasteiger partial charge in [0, 0.05) is 18.1 Å². The second-order valence-electron chi connectivity index (χ2n) is 7.23. The minimum Gasteiger partial charge on any atom is -0.484 e. The van der Waals surface area contributed by atoms with Gasteiger partial charge in [-0.1, -0.05) is 23.7 Å². The van der Waals surface area contributed by atoms with Gasteiger partial charge in [0.05, 0.1) is 11.4 Å². The summed E-state index contributed by atoms with van der Waals surface area (Å²) < 4.78 is 5.59. The SMILES string of the molecule is Cc1cc(OCC(=O)NC(=S)Nc2ccccc2N2CCCCC2)cc(C)c1Cl. The van der Waals surface area contributed by atoms with E-state index in [-0.39, 0.29) is 17.6 Å². The van der Waals surface area contributed by atoms with Crippen LogP contribution in [0.5, 0.6) is 5.75 Å². The lowest BCUT2D eigenvalue weighted by Gasteiger charge is -2.30. The van der Waals surface area contributed by atoms with E-state index in [0.717, 1.165) is 35.6 Å². The van der Waals surface area contributed by atoms with E-state index in [1.807, 2.05) is 44.2 Å². The van der Waals surface area contributed by atoms with Crippen molar-refractivity contribution in [2.45, 2.75) is 33.1 Å². The number of halogens is 1. The molecule has 154 valence electrons. The van der Waals surface area contributed by atoms with Crippen molar-refractivity contribution in [3.05, 3.63) is 52.5 Å². The van der Waals surface area contributed by atoms with Gasteiger partial charge in [-0.05, 0) is 80.7 Å². The summed E-state index contributed by atoms with van der Waals surface area (Å²) in [6, 6.07) is 11.6. The molecule has 29 heavy (non-hydrogen) atoms. The molecule has 5 nitrogen and oxygen atoms in total. The van der Waals surface area contributed by atoms with E-state index in [2.05, 4.69) is 21.6 Å². The minimum absolute atomic E-state index is 0.129. The number of carbonyl (C=O) groups excluding carboxylic acids is 1. The third kappa shape index (κ3) is 5.84. The quantitative estimate of drug-likeness (QED) is 0.663. The maximum absolute atomic E-state index is 12.2. The summed E-state index contributed by atoms with van der Waals surface area (Å²) in [6.45, 7) is 5.75. The number of anilines is 2. The van der Waals surface area contributed by atoms with Crippen molar-refractivity contribution in [2.24, 2.45) is 0 Å². The van der Waals surface area contributed by atoms with Gasteiger partial charge in [-0.15, -0.1) is 0 Å². The summed E-state index contributed by atoms with van der Waals surface area (Å²) in [5.74, 6) is 0.289. The molecule has 0 spiro atoms. The second kappa shape index (κ2) is 9.94. The zero-order valence-electron chi connectivity index (χ0n) is 16.8. The van der Waals surface area contributed by atoms with Crippen molar-refractivity contribution in [1.29, 1.82) is 0 Å². The number of amides is 1.